The molecule has 0 heterocycles. The van der Waals surface area contributed by atoms with E-state index in [1.54, 1.807) is 13.0 Å². The zero-order chi connectivity index (χ0) is 20.2. The predicted molar refractivity (Wildman–Crippen MR) is 93.7 cm³/mol. The van der Waals surface area contributed by atoms with Gasteiger partial charge < -0.3 is 15.2 Å². The van der Waals surface area contributed by atoms with Crippen molar-refractivity contribution in [1.82, 2.24) is 0 Å². The first-order chi connectivity index (χ1) is 12.6. The van der Waals surface area contributed by atoms with Crippen molar-refractivity contribution < 1.29 is 24.0 Å². The Labute approximate surface area is 154 Å². The van der Waals surface area contributed by atoms with Crippen molar-refractivity contribution in [1.29, 1.82) is 5.26 Å². The Balaban J connectivity index is 2.07. The average molecular weight is 373 g/mol. The quantitative estimate of drug-likeness (QED) is 0.592. The van der Waals surface area contributed by atoms with Crippen LogP contribution in [-0.4, -0.2) is 28.1 Å². The molecule has 0 aromatic heterocycles. The summed E-state index contributed by atoms with van der Waals surface area (Å²) < 4.78 is 19.0. The molecule has 0 bridgehead atoms. The maximum atomic E-state index is 13.8. The van der Waals surface area contributed by atoms with E-state index in [1.807, 2.05) is 0 Å². The maximum Gasteiger partial charge on any atom is 0.269 e. The number of hydrogen-bond acceptors (Lipinski definition) is 6. The highest BCUT2D eigenvalue weighted by atomic mass is 19.1. The number of nitro groups is 1. The standard InChI is InChI=1S/C18H16FN3O5/c1-11-7-13(22(25)26)4-5-15(11)21-17(23)18(2,24)10-27-16-6-3-12(9-20)8-14(16)19/h3-8,24H,10H2,1-2H3,(H,21,23). The minimum absolute atomic E-state index is 0.109. The van der Waals surface area contributed by atoms with Crippen LogP contribution in [0.4, 0.5) is 15.8 Å². The second-order valence-electron chi connectivity index (χ2n) is 6.03. The fourth-order valence-corrected chi connectivity index (χ4v) is 2.13. The highest BCUT2D eigenvalue weighted by molar-refractivity contribution is 5.97. The number of non-ortho nitro benzene ring substituents is 1. The summed E-state index contributed by atoms with van der Waals surface area (Å²) in [5.74, 6) is -1.83. The van der Waals surface area contributed by atoms with E-state index in [4.69, 9.17) is 10.00 Å². The molecule has 0 fully saturated rings. The Bertz CT molecular complexity index is 937. The molecule has 0 saturated heterocycles. The van der Waals surface area contributed by atoms with E-state index in [2.05, 4.69) is 5.32 Å². The van der Waals surface area contributed by atoms with Gasteiger partial charge in [-0.3, -0.25) is 14.9 Å². The van der Waals surface area contributed by atoms with Crippen LogP contribution in [-0.2, 0) is 4.79 Å². The molecule has 0 aliphatic carbocycles. The smallest absolute Gasteiger partial charge is 0.269 e. The number of ether oxygens (including phenoxy) is 1. The molecule has 0 saturated carbocycles. The van der Waals surface area contributed by atoms with Crippen LogP contribution in [0.2, 0.25) is 0 Å². The van der Waals surface area contributed by atoms with Gasteiger partial charge in [-0.1, -0.05) is 0 Å². The molecular formula is C18H16FN3O5. The van der Waals surface area contributed by atoms with E-state index in [9.17, 15) is 24.4 Å². The average Bonchev–Trinajstić information content (AvgIpc) is 2.61. The number of nitro benzene ring substituents is 1. The molecule has 9 heteroatoms. The minimum Gasteiger partial charge on any atom is -0.487 e. The normalized spacial score (nSPS) is 12.6. The number of carbonyl (C=O) groups is 1. The maximum absolute atomic E-state index is 13.8. The third kappa shape index (κ3) is 4.77. The van der Waals surface area contributed by atoms with Gasteiger partial charge in [0, 0.05) is 17.8 Å². The van der Waals surface area contributed by atoms with E-state index in [0.29, 0.717) is 5.56 Å². The van der Waals surface area contributed by atoms with E-state index in [-0.39, 0.29) is 22.7 Å². The summed E-state index contributed by atoms with van der Waals surface area (Å²) in [6.45, 7) is 2.21. The van der Waals surface area contributed by atoms with Crippen molar-refractivity contribution in [3.63, 3.8) is 0 Å². The molecule has 1 unspecified atom stereocenters. The lowest BCUT2D eigenvalue weighted by Gasteiger charge is -2.23. The Morgan fingerprint density at radius 2 is 2.11 bits per heavy atom. The number of nitrogens with one attached hydrogen (secondary N) is 1. The number of aryl methyl sites for hydroxylation is 1. The third-order valence-corrected chi connectivity index (χ3v) is 3.73. The number of aliphatic hydroxyl groups is 1. The molecule has 2 rings (SSSR count). The predicted octanol–water partition coefficient (Wildman–Crippen LogP) is 2.68. The summed E-state index contributed by atoms with van der Waals surface area (Å²) in [5.41, 5.74) is -1.30. The molecule has 1 atom stereocenters. The van der Waals surface area contributed by atoms with Crippen molar-refractivity contribution in [2.45, 2.75) is 19.4 Å². The molecule has 27 heavy (non-hydrogen) atoms. The molecule has 0 aliphatic heterocycles. The van der Waals surface area contributed by atoms with Gasteiger partial charge in [0.2, 0.25) is 0 Å². The second-order valence-corrected chi connectivity index (χ2v) is 6.03. The molecule has 0 spiro atoms. The van der Waals surface area contributed by atoms with Crippen LogP contribution >= 0.6 is 0 Å². The molecular weight excluding hydrogens is 357 g/mol. The van der Waals surface area contributed by atoms with Crippen LogP contribution in [0.3, 0.4) is 0 Å². The largest absolute Gasteiger partial charge is 0.487 e. The second kappa shape index (κ2) is 7.80. The van der Waals surface area contributed by atoms with Crippen molar-refractivity contribution in [3.05, 3.63) is 63.5 Å². The van der Waals surface area contributed by atoms with Crippen molar-refractivity contribution in [2.75, 3.05) is 11.9 Å². The van der Waals surface area contributed by atoms with Gasteiger partial charge in [0.1, 0.15) is 6.61 Å². The van der Waals surface area contributed by atoms with Crippen LogP contribution in [0.5, 0.6) is 5.75 Å². The number of rotatable bonds is 6. The summed E-state index contributed by atoms with van der Waals surface area (Å²) in [5, 5.41) is 32.2. The molecule has 0 aliphatic rings. The van der Waals surface area contributed by atoms with E-state index in [1.165, 1.54) is 37.3 Å². The van der Waals surface area contributed by atoms with Crippen LogP contribution in [0.1, 0.15) is 18.1 Å². The van der Waals surface area contributed by atoms with Gasteiger partial charge in [-0.15, -0.1) is 0 Å². The molecule has 0 radical (unpaired) electrons. The monoisotopic (exact) mass is 373 g/mol. The molecule has 1 amide bonds. The van der Waals surface area contributed by atoms with Gasteiger partial charge in [-0.25, -0.2) is 4.39 Å². The SMILES string of the molecule is Cc1cc([N+](=O)[O-])ccc1NC(=O)C(C)(O)COc1ccc(C#N)cc1F. The lowest BCUT2D eigenvalue weighted by Crippen LogP contribution is -2.45. The van der Waals surface area contributed by atoms with Gasteiger partial charge in [0.05, 0.1) is 16.6 Å². The van der Waals surface area contributed by atoms with Crippen molar-refractivity contribution in [2.24, 2.45) is 0 Å². The van der Waals surface area contributed by atoms with Crippen LogP contribution in [0.15, 0.2) is 36.4 Å². The van der Waals surface area contributed by atoms with Gasteiger partial charge in [0.25, 0.3) is 11.6 Å². The molecule has 2 aromatic carbocycles. The molecule has 2 N–H and O–H groups in total. The van der Waals surface area contributed by atoms with E-state index < -0.39 is 28.9 Å². The number of halogens is 1. The fourth-order valence-electron chi connectivity index (χ4n) is 2.13. The van der Waals surface area contributed by atoms with Gasteiger partial charge in [-0.2, -0.15) is 5.26 Å². The Hall–Kier alpha value is -3.51. The molecule has 2 aromatic rings. The van der Waals surface area contributed by atoms with E-state index in [0.717, 1.165) is 6.07 Å². The molecule has 140 valence electrons. The number of nitriles is 1. The number of hydrogen-bond donors (Lipinski definition) is 2. The number of anilines is 1. The summed E-state index contributed by atoms with van der Waals surface area (Å²) >= 11 is 0. The highest BCUT2D eigenvalue weighted by Gasteiger charge is 2.32. The topological polar surface area (TPSA) is 125 Å². The van der Waals surface area contributed by atoms with Crippen LogP contribution < -0.4 is 10.1 Å². The van der Waals surface area contributed by atoms with Crippen LogP contribution in [0.25, 0.3) is 0 Å². The minimum atomic E-state index is -2.01. The number of nitrogens with zero attached hydrogens (tertiary/aromatic N) is 2. The summed E-state index contributed by atoms with van der Waals surface area (Å²) in [6.07, 6.45) is 0. The van der Waals surface area contributed by atoms with Gasteiger partial charge in [0.15, 0.2) is 17.2 Å². The van der Waals surface area contributed by atoms with Crippen LogP contribution in [0, 0.1) is 34.2 Å². The van der Waals surface area contributed by atoms with Gasteiger partial charge >= 0.3 is 0 Å². The van der Waals surface area contributed by atoms with Crippen molar-refractivity contribution in [3.8, 4) is 11.8 Å². The first kappa shape index (κ1) is 19.8. The fraction of sp³-hybridized carbons (Fsp3) is 0.222. The third-order valence-electron chi connectivity index (χ3n) is 3.73. The Morgan fingerprint density at radius 1 is 1.41 bits per heavy atom. The van der Waals surface area contributed by atoms with Crippen molar-refractivity contribution >= 4 is 17.3 Å². The lowest BCUT2D eigenvalue weighted by atomic mass is 10.1. The molecule has 8 nitrogen and oxygen atoms in total. The zero-order valence-electron chi connectivity index (χ0n) is 14.5. The number of benzene rings is 2. The first-order valence-electron chi connectivity index (χ1n) is 7.75. The highest BCUT2D eigenvalue weighted by Crippen LogP contribution is 2.23. The number of amides is 1. The lowest BCUT2D eigenvalue weighted by molar-refractivity contribution is -0.384. The first-order valence-corrected chi connectivity index (χ1v) is 7.75. The summed E-state index contributed by atoms with van der Waals surface area (Å²) in [7, 11) is 0. The van der Waals surface area contributed by atoms with E-state index >= 15 is 0 Å². The zero-order valence-corrected chi connectivity index (χ0v) is 14.5. The Kier molecular flexibility index (Phi) is 5.72. The Morgan fingerprint density at radius 3 is 2.67 bits per heavy atom. The summed E-state index contributed by atoms with van der Waals surface area (Å²) in [6, 6.07) is 9.18. The summed E-state index contributed by atoms with van der Waals surface area (Å²) in [4.78, 5) is 22.5. The number of carbonyl (C=O) groups excluding carboxylic acids is 1. The van der Waals surface area contributed by atoms with Gasteiger partial charge in [-0.05, 0) is 43.7 Å².